The van der Waals surface area contributed by atoms with Crippen LogP contribution in [0, 0.1) is 0 Å². The Bertz CT molecular complexity index is 934. The van der Waals surface area contributed by atoms with E-state index in [1.165, 1.54) is 0 Å². The van der Waals surface area contributed by atoms with Crippen molar-refractivity contribution in [1.29, 1.82) is 0 Å². The number of halogens is 3. The fraction of sp³-hybridized carbons (Fsp3) is 0.238. The Labute approximate surface area is 171 Å². The third-order valence-electron chi connectivity index (χ3n) is 4.00. The molecular weight excluding hydrogens is 399 g/mol. The molecule has 3 aromatic rings. The molecule has 2 aromatic carbocycles. The molecule has 0 aliphatic heterocycles. The van der Waals surface area contributed by atoms with E-state index in [9.17, 15) is 13.2 Å². The standard InChI is InChI=1S/C21H20F3N3OS/c1-3-13-28-16-11-9-15(10-12-16)27(2)20-25-14-18(21(22,23)24)19(26-20)29-17-7-5-4-6-8-17/h4-12,14H,3,13H2,1-2H3. The molecule has 3 rings (SSSR count). The third-order valence-corrected chi connectivity index (χ3v) is 5.01. The zero-order chi connectivity index (χ0) is 20.9. The predicted molar refractivity (Wildman–Crippen MR) is 108 cm³/mol. The first kappa shape index (κ1) is 21.0. The molecule has 0 atom stereocenters. The average molecular weight is 419 g/mol. The van der Waals surface area contributed by atoms with Gasteiger partial charge < -0.3 is 9.64 Å². The Balaban J connectivity index is 1.90. The van der Waals surface area contributed by atoms with Gasteiger partial charge in [-0.15, -0.1) is 0 Å². The van der Waals surface area contributed by atoms with Gasteiger partial charge in [0.1, 0.15) is 16.3 Å². The van der Waals surface area contributed by atoms with Crippen molar-refractivity contribution in [2.45, 2.75) is 29.4 Å². The van der Waals surface area contributed by atoms with Crippen LogP contribution in [-0.2, 0) is 6.18 Å². The van der Waals surface area contributed by atoms with Gasteiger partial charge in [-0.3, -0.25) is 0 Å². The first-order chi connectivity index (χ1) is 13.9. The van der Waals surface area contributed by atoms with E-state index in [0.29, 0.717) is 11.5 Å². The van der Waals surface area contributed by atoms with Crippen molar-refractivity contribution in [3.8, 4) is 5.75 Å². The first-order valence-corrected chi connectivity index (χ1v) is 9.84. The second-order valence-corrected chi connectivity index (χ2v) is 7.27. The second kappa shape index (κ2) is 9.17. The number of hydrogen-bond acceptors (Lipinski definition) is 5. The molecule has 0 radical (unpaired) electrons. The van der Waals surface area contributed by atoms with Crippen LogP contribution in [0.15, 0.2) is 70.7 Å². The Morgan fingerprint density at radius 2 is 1.72 bits per heavy atom. The maximum Gasteiger partial charge on any atom is 0.420 e. The smallest absolute Gasteiger partial charge is 0.420 e. The van der Waals surface area contributed by atoms with Crippen LogP contribution >= 0.6 is 11.8 Å². The summed E-state index contributed by atoms with van der Waals surface area (Å²) in [5.41, 5.74) is -0.115. The number of rotatable bonds is 7. The molecule has 29 heavy (non-hydrogen) atoms. The van der Waals surface area contributed by atoms with Crippen LogP contribution in [0.25, 0.3) is 0 Å². The van der Waals surface area contributed by atoms with Gasteiger partial charge >= 0.3 is 6.18 Å². The van der Waals surface area contributed by atoms with Gasteiger partial charge in [0.05, 0.1) is 6.61 Å². The molecular formula is C21H20F3N3OS. The Morgan fingerprint density at radius 3 is 2.34 bits per heavy atom. The molecule has 0 N–H and O–H groups in total. The quantitative estimate of drug-likeness (QED) is 0.426. The van der Waals surface area contributed by atoms with Crippen molar-refractivity contribution in [2.75, 3.05) is 18.6 Å². The molecule has 1 aromatic heterocycles. The number of alkyl halides is 3. The zero-order valence-electron chi connectivity index (χ0n) is 16.0. The lowest BCUT2D eigenvalue weighted by Crippen LogP contribution is -2.16. The molecule has 0 spiro atoms. The largest absolute Gasteiger partial charge is 0.494 e. The van der Waals surface area contributed by atoms with Gasteiger partial charge in [0.15, 0.2) is 0 Å². The minimum Gasteiger partial charge on any atom is -0.494 e. The summed E-state index contributed by atoms with van der Waals surface area (Å²) < 4.78 is 45.9. The lowest BCUT2D eigenvalue weighted by atomic mass is 10.3. The molecule has 0 aliphatic carbocycles. The summed E-state index contributed by atoms with van der Waals surface area (Å²) >= 11 is 0.962. The number of hydrogen-bond donors (Lipinski definition) is 0. The van der Waals surface area contributed by atoms with E-state index < -0.39 is 11.7 Å². The molecule has 0 amide bonds. The molecule has 0 bridgehead atoms. The summed E-state index contributed by atoms with van der Waals surface area (Å²) in [6, 6.07) is 16.1. The summed E-state index contributed by atoms with van der Waals surface area (Å²) in [5, 5.41) is -0.136. The van der Waals surface area contributed by atoms with Gasteiger partial charge in [-0.2, -0.15) is 13.2 Å². The number of nitrogens with zero attached hydrogens (tertiary/aromatic N) is 3. The number of ether oxygens (including phenoxy) is 1. The second-order valence-electron chi connectivity index (χ2n) is 6.20. The highest BCUT2D eigenvalue weighted by Gasteiger charge is 2.35. The van der Waals surface area contributed by atoms with Crippen molar-refractivity contribution in [3.05, 3.63) is 66.4 Å². The third kappa shape index (κ3) is 5.41. The summed E-state index contributed by atoms with van der Waals surface area (Å²) in [4.78, 5) is 10.5. The van der Waals surface area contributed by atoms with E-state index >= 15 is 0 Å². The van der Waals surface area contributed by atoms with E-state index in [4.69, 9.17) is 4.74 Å². The van der Waals surface area contributed by atoms with Gasteiger partial charge in [-0.1, -0.05) is 36.9 Å². The van der Waals surface area contributed by atoms with Gasteiger partial charge in [0, 0.05) is 23.8 Å². The maximum atomic E-state index is 13.4. The van der Waals surface area contributed by atoms with E-state index in [-0.39, 0.29) is 11.0 Å². The van der Waals surface area contributed by atoms with E-state index in [1.807, 2.05) is 37.3 Å². The van der Waals surface area contributed by atoms with Crippen LogP contribution in [0.4, 0.5) is 24.8 Å². The fourth-order valence-corrected chi connectivity index (χ4v) is 3.41. The molecule has 4 nitrogen and oxygen atoms in total. The van der Waals surface area contributed by atoms with Gasteiger partial charge in [0.2, 0.25) is 5.95 Å². The predicted octanol–water partition coefficient (Wildman–Crippen LogP) is 6.20. The molecule has 0 fully saturated rings. The Hall–Kier alpha value is -2.74. The minimum absolute atomic E-state index is 0.136. The first-order valence-electron chi connectivity index (χ1n) is 9.02. The number of benzene rings is 2. The normalized spacial score (nSPS) is 11.3. The van der Waals surface area contributed by atoms with Crippen LogP contribution in [0.3, 0.4) is 0 Å². The number of aromatic nitrogens is 2. The lowest BCUT2D eigenvalue weighted by molar-refractivity contribution is -0.140. The van der Waals surface area contributed by atoms with Gasteiger partial charge in [-0.05, 0) is 42.8 Å². The highest BCUT2D eigenvalue weighted by Crippen LogP contribution is 2.39. The summed E-state index contributed by atoms with van der Waals surface area (Å²) in [6.45, 7) is 2.65. The monoisotopic (exact) mass is 419 g/mol. The van der Waals surface area contributed by atoms with Gasteiger partial charge in [0.25, 0.3) is 0 Å². The van der Waals surface area contributed by atoms with Crippen LogP contribution in [-0.4, -0.2) is 23.6 Å². The Kier molecular flexibility index (Phi) is 6.64. The molecule has 0 saturated carbocycles. The van der Waals surface area contributed by atoms with Crippen molar-refractivity contribution >= 4 is 23.4 Å². The molecule has 0 unspecified atom stereocenters. The highest BCUT2D eigenvalue weighted by atomic mass is 32.2. The van der Waals surface area contributed by atoms with Crippen molar-refractivity contribution in [3.63, 3.8) is 0 Å². The maximum absolute atomic E-state index is 13.4. The fourth-order valence-electron chi connectivity index (χ4n) is 2.49. The van der Waals surface area contributed by atoms with E-state index in [0.717, 1.165) is 35.8 Å². The molecule has 152 valence electrons. The van der Waals surface area contributed by atoms with E-state index in [2.05, 4.69) is 9.97 Å². The minimum atomic E-state index is -4.54. The van der Waals surface area contributed by atoms with Crippen molar-refractivity contribution < 1.29 is 17.9 Å². The van der Waals surface area contributed by atoms with Crippen LogP contribution < -0.4 is 9.64 Å². The topological polar surface area (TPSA) is 38.2 Å². The Morgan fingerprint density at radius 1 is 1.03 bits per heavy atom. The summed E-state index contributed by atoms with van der Waals surface area (Å²) in [5.74, 6) is 0.913. The summed E-state index contributed by atoms with van der Waals surface area (Å²) in [7, 11) is 1.71. The number of anilines is 2. The van der Waals surface area contributed by atoms with Gasteiger partial charge in [-0.25, -0.2) is 9.97 Å². The van der Waals surface area contributed by atoms with E-state index in [1.54, 1.807) is 36.2 Å². The van der Waals surface area contributed by atoms with Crippen molar-refractivity contribution in [2.24, 2.45) is 0 Å². The molecule has 1 heterocycles. The SMILES string of the molecule is CCCOc1ccc(N(C)c2ncc(C(F)(F)F)c(Sc3ccccc3)n2)cc1. The van der Waals surface area contributed by atoms with Crippen LogP contribution in [0.1, 0.15) is 18.9 Å². The summed E-state index contributed by atoms with van der Waals surface area (Å²) in [6.07, 6.45) is -2.79. The van der Waals surface area contributed by atoms with Crippen LogP contribution in [0.5, 0.6) is 5.75 Å². The molecule has 8 heteroatoms. The zero-order valence-corrected chi connectivity index (χ0v) is 16.8. The van der Waals surface area contributed by atoms with Crippen LogP contribution in [0.2, 0.25) is 0 Å². The molecule has 0 saturated heterocycles. The lowest BCUT2D eigenvalue weighted by Gasteiger charge is -2.20. The van der Waals surface area contributed by atoms with Crippen molar-refractivity contribution in [1.82, 2.24) is 9.97 Å². The molecule has 0 aliphatic rings. The highest BCUT2D eigenvalue weighted by molar-refractivity contribution is 7.99. The average Bonchev–Trinajstić information content (AvgIpc) is 2.72.